The van der Waals surface area contributed by atoms with Crippen LogP contribution in [0.5, 0.6) is 0 Å². The van der Waals surface area contributed by atoms with Crippen LogP contribution in [0.1, 0.15) is 33.3 Å². The molecule has 1 aromatic heterocycles. The van der Waals surface area contributed by atoms with E-state index in [2.05, 4.69) is 25.5 Å². The lowest BCUT2D eigenvalue weighted by molar-refractivity contribution is -0.144. The van der Waals surface area contributed by atoms with Crippen molar-refractivity contribution in [2.45, 2.75) is 64.5 Å². The molecule has 0 spiro atoms. The Balaban J connectivity index is 2.19. The summed E-state index contributed by atoms with van der Waals surface area (Å²) in [5, 5.41) is 30.1. The summed E-state index contributed by atoms with van der Waals surface area (Å²) in [7, 11) is 2.65. The number of aromatic nitrogens is 1. The van der Waals surface area contributed by atoms with E-state index < -0.39 is 54.8 Å². The topological polar surface area (TPSA) is 172 Å². The number of hydrogen-bond donors (Lipinski definition) is 5. The molecule has 2 amide bonds. The molecule has 0 unspecified atom stereocenters. The van der Waals surface area contributed by atoms with Crippen molar-refractivity contribution >= 4 is 34.4 Å². The van der Waals surface area contributed by atoms with Gasteiger partial charge in [0, 0.05) is 30.6 Å². The smallest absolute Gasteiger partial charge is 0.328 e. The fraction of sp³-hybridized carbons (Fsp3) is 0.538. The summed E-state index contributed by atoms with van der Waals surface area (Å²) in [6.45, 7) is 5.98. The number of nitrogens with zero attached hydrogens (tertiary/aromatic N) is 1. The third kappa shape index (κ3) is 8.27. The van der Waals surface area contributed by atoms with E-state index in [9.17, 15) is 24.6 Å². The number of amides is 2. The Morgan fingerprint density at radius 1 is 1.05 bits per heavy atom. The van der Waals surface area contributed by atoms with E-state index in [4.69, 9.17) is 9.57 Å². The third-order valence-corrected chi connectivity index (χ3v) is 5.94. The number of methoxy groups -OCH3 is 2. The first kappa shape index (κ1) is 30.7. The first-order valence-corrected chi connectivity index (χ1v) is 12.3. The molecule has 38 heavy (non-hydrogen) atoms. The van der Waals surface area contributed by atoms with Gasteiger partial charge in [0.1, 0.15) is 30.0 Å². The van der Waals surface area contributed by atoms with E-state index in [1.54, 1.807) is 6.20 Å². The summed E-state index contributed by atoms with van der Waals surface area (Å²) in [6, 6.07) is 5.54. The number of rotatable bonds is 14. The molecule has 5 N–H and O–H groups in total. The van der Waals surface area contributed by atoms with Crippen molar-refractivity contribution in [1.29, 1.82) is 0 Å². The molecule has 0 aliphatic rings. The molecule has 2 rings (SSSR count). The molecule has 5 atom stereocenters. The Bertz CT molecular complexity index is 1110. The van der Waals surface area contributed by atoms with Gasteiger partial charge in [0.2, 0.25) is 5.91 Å². The molecule has 0 bridgehead atoms. The zero-order valence-corrected chi connectivity index (χ0v) is 22.6. The molecule has 210 valence electrons. The fourth-order valence-corrected chi connectivity index (χ4v) is 3.94. The van der Waals surface area contributed by atoms with Crippen LogP contribution in [0.2, 0.25) is 0 Å². The molecule has 2 aromatic rings. The summed E-state index contributed by atoms with van der Waals surface area (Å²) in [5.74, 6) is -1.99. The van der Waals surface area contributed by atoms with Crippen LogP contribution >= 0.6 is 0 Å². The van der Waals surface area contributed by atoms with Crippen LogP contribution in [0, 0.1) is 5.92 Å². The standard InChI is InChI=1S/C26H38N4O8/c1-14(2)24(36-5)22(23(33)16(4)31)30-38-13-21(32)29-20(25(34)28-15(3)26(35)37-6)11-17-12-27-19-10-8-7-9-18(17)19/h7-10,12,14-16,20,23-24,27,31,33H,11,13H2,1-6H3,(H,28,34)(H,29,32)/b30-22+/t15-,16+,20-,23-,24-/m0/s1. The Labute approximate surface area is 221 Å². The molecule has 1 aromatic carbocycles. The summed E-state index contributed by atoms with van der Waals surface area (Å²) in [6.07, 6.45) is -1.30. The van der Waals surface area contributed by atoms with E-state index in [-0.39, 0.29) is 18.1 Å². The fourth-order valence-electron chi connectivity index (χ4n) is 3.94. The SMILES string of the molecule is COC(=O)[C@H](C)NC(=O)[C@H](Cc1c[nH]c2ccccc12)NC(=O)CO/N=C(/[C@@H](OC)C(C)C)[C@@H](O)[C@@H](C)O. The van der Waals surface area contributed by atoms with Gasteiger partial charge in [-0.25, -0.2) is 4.79 Å². The minimum atomic E-state index is -1.37. The molecule has 0 fully saturated rings. The number of carbonyl (C=O) groups excluding carboxylic acids is 3. The highest BCUT2D eigenvalue weighted by Crippen LogP contribution is 2.19. The number of esters is 1. The minimum Gasteiger partial charge on any atom is -0.467 e. The van der Waals surface area contributed by atoms with Crippen molar-refractivity contribution in [2.24, 2.45) is 11.1 Å². The monoisotopic (exact) mass is 534 g/mol. The van der Waals surface area contributed by atoms with Crippen molar-refractivity contribution in [3.63, 3.8) is 0 Å². The van der Waals surface area contributed by atoms with Gasteiger partial charge in [-0.15, -0.1) is 0 Å². The Hall–Kier alpha value is -3.48. The highest BCUT2D eigenvalue weighted by Gasteiger charge is 2.30. The maximum Gasteiger partial charge on any atom is 0.328 e. The lowest BCUT2D eigenvalue weighted by Gasteiger charge is -2.25. The number of para-hydroxylation sites is 1. The van der Waals surface area contributed by atoms with Crippen molar-refractivity contribution in [3.8, 4) is 0 Å². The first-order valence-electron chi connectivity index (χ1n) is 12.3. The molecule has 0 saturated carbocycles. The van der Waals surface area contributed by atoms with Gasteiger partial charge in [0.05, 0.1) is 13.2 Å². The van der Waals surface area contributed by atoms with E-state index >= 15 is 0 Å². The third-order valence-electron chi connectivity index (χ3n) is 5.94. The van der Waals surface area contributed by atoms with Gasteiger partial charge in [-0.3, -0.25) is 9.59 Å². The molecular formula is C26H38N4O8. The van der Waals surface area contributed by atoms with Gasteiger partial charge in [-0.2, -0.15) is 0 Å². The van der Waals surface area contributed by atoms with Crippen molar-refractivity contribution < 1.29 is 38.9 Å². The average Bonchev–Trinajstić information content (AvgIpc) is 3.29. The second kappa shape index (κ2) is 14.5. The van der Waals surface area contributed by atoms with Crippen LogP contribution in [0.15, 0.2) is 35.6 Å². The summed E-state index contributed by atoms with van der Waals surface area (Å²) in [5.41, 5.74) is 1.69. The maximum atomic E-state index is 13.0. The van der Waals surface area contributed by atoms with Gasteiger partial charge < -0.3 is 40.1 Å². The van der Waals surface area contributed by atoms with E-state index in [1.165, 1.54) is 28.1 Å². The zero-order chi connectivity index (χ0) is 28.4. The highest BCUT2D eigenvalue weighted by molar-refractivity contribution is 5.93. The second-order valence-corrected chi connectivity index (χ2v) is 9.31. The Kier molecular flexibility index (Phi) is 11.7. The van der Waals surface area contributed by atoms with Gasteiger partial charge in [0.15, 0.2) is 6.61 Å². The van der Waals surface area contributed by atoms with Crippen LogP contribution in [0.4, 0.5) is 0 Å². The van der Waals surface area contributed by atoms with E-state index in [1.807, 2.05) is 38.1 Å². The van der Waals surface area contributed by atoms with E-state index in [0.717, 1.165) is 16.5 Å². The number of aromatic amines is 1. The number of aliphatic hydroxyl groups excluding tert-OH is 2. The van der Waals surface area contributed by atoms with Crippen LogP contribution in [0.3, 0.4) is 0 Å². The summed E-state index contributed by atoms with van der Waals surface area (Å²) < 4.78 is 10.0. The zero-order valence-electron chi connectivity index (χ0n) is 22.6. The average molecular weight is 535 g/mol. The summed E-state index contributed by atoms with van der Waals surface area (Å²) >= 11 is 0. The molecule has 0 aliphatic heterocycles. The molecular weight excluding hydrogens is 496 g/mol. The van der Waals surface area contributed by atoms with Crippen molar-refractivity contribution in [3.05, 3.63) is 36.0 Å². The van der Waals surface area contributed by atoms with Crippen molar-refractivity contribution in [1.82, 2.24) is 15.6 Å². The largest absolute Gasteiger partial charge is 0.467 e. The number of oxime groups is 1. The molecule has 12 heteroatoms. The lowest BCUT2D eigenvalue weighted by atomic mass is 9.96. The van der Waals surface area contributed by atoms with Crippen LogP contribution in [0.25, 0.3) is 10.9 Å². The maximum absolute atomic E-state index is 13.0. The number of ether oxygens (including phenoxy) is 2. The molecule has 0 saturated heterocycles. The van der Waals surface area contributed by atoms with Gasteiger partial charge in [0.25, 0.3) is 5.91 Å². The molecule has 0 radical (unpaired) electrons. The van der Waals surface area contributed by atoms with Crippen LogP contribution < -0.4 is 10.6 Å². The number of benzene rings is 1. The van der Waals surface area contributed by atoms with E-state index in [0.29, 0.717) is 0 Å². The molecule has 12 nitrogen and oxygen atoms in total. The summed E-state index contributed by atoms with van der Waals surface area (Å²) in [4.78, 5) is 45.9. The Morgan fingerprint density at radius 3 is 2.34 bits per heavy atom. The number of aliphatic hydroxyl groups is 2. The number of carbonyl (C=O) groups is 3. The predicted molar refractivity (Wildman–Crippen MR) is 140 cm³/mol. The first-order chi connectivity index (χ1) is 18.0. The number of hydrogen-bond acceptors (Lipinski definition) is 9. The minimum absolute atomic E-state index is 0.0327. The predicted octanol–water partition coefficient (Wildman–Crippen LogP) is 0.658. The number of nitrogens with one attached hydrogen (secondary N) is 3. The lowest BCUT2D eigenvalue weighted by Crippen LogP contribution is -2.52. The number of H-pyrrole nitrogens is 1. The van der Waals surface area contributed by atoms with Crippen LogP contribution in [-0.2, 0) is 35.1 Å². The normalized spacial score (nSPS) is 15.9. The second-order valence-electron chi connectivity index (χ2n) is 9.31. The van der Waals surface area contributed by atoms with Crippen LogP contribution in [-0.4, -0.2) is 89.9 Å². The van der Waals surface area contributed by atoms with Crippen molar-refractivity contribution in [2.75, 3.05) is 20.8 Å². The molecule has 0 aliphatic carbocycles. The van der Waals surface area contributed by atoms with Gasteiger partial charge in [-0.05, 0) is 31.4 Å². The van der Waals surface area contributed by atoms with Gasteiger partial charge >= 0.3 is 5.97 Å². The van der Waals surface area contributed by atoms with Gasteiger partial charge in [-0.1, -0.05) is 37.2 Å². The molecule has 1 heterocycles. The Morgan fingerprint density at radius 2 is 1.74 bits per heavy atom. The quantitative estimate of drug-likeness (QED) is 0.134. The number of fused-ring (bicyclic) bond motifs is 1. The highest BCUT2D eigenvalue weighted by atomic mass is 16.6.